The quantitative estimate of drug-likeness (QED) is 0.174. The standard InChI is InChI=1S/C34H28S/c1-2-3-4-5-8-24-11-13-25(14-12-24)15-16-26-17-18-29-23-34-32(21-30(29)19-26)31-20-27-9-6-7-10-28(27)22-33(31)35-34/h6-7,9-14,17-23H,2-5,8H2,1H3. The van der Waals surface area contributed by atoms with Crippen LogP contribution < -0.4 is 0 Å². The topological polar surface area (TPSA) is 0 Å². The first-order valence-electron chi connectivity index (χ1n) is 12.7. The number of aryl methyl sites for hydroxylation is 1. The summed E-state index contributed by atoms with van der Waals surface area (Å²) in [5.74, 6) is 6.75. The molecular weight excluding hydrogens is 440 g/mol. The maximum Gasteiger partial charge on any atom is 0.0361 e. The second kappa shape index (κ2) is 9.57. The van der Waals surface area contributed by atoms with E-state index in [2.05, 4.69) is 110 Å². The van der Waals surface area contributed by atoms with Gasteiger partial charge in [-0.3, -0.25) is 0 Å². The Bertz CT molecular complexity index is 1720. The van der Waals surface area contributed by atoms with Crippen molar-refractivity contribution in [1.82, 2.24) is 0 Å². The zero-order valence-corrected chi connectivity index (χ0v) is 20.9. The fourth-order valence-corrected chi connectivity index (χ4v) is 6.10. The van der Waals surface area contributed by atoms with Gasteiger partial charge in [0.2, 0.25) is 0 Å². The Morgan fingerprint density at radius 2 is 1.20 bits per heavy atom. The number of hydrogen-bond donors (Lipinski definition) is 0. The van der Waals surface area contributed by atoms with Crippen molar-refractivity contribution in [1.29, 1.82) is 0 Å². The Morgan fingerprint density at radius 3 is 1.94 bits per heavy atom. The summed E-state index contributed by atoms with van der Waals surface area (Å²) in [5, 5.41) is 7.80. The van der Waals surface area contributed by atoms with Gasteiger partial charge in [0.1, 0.15) is 0 Å². The average molecular weight is 469 g/mol. The van der Waals surface area contributed by atoms with Crippen LogP contribution in [-0.4, -0.2) is 0 Å². The van der Waals surface area contributed by atoms with Crippen LogP contribution in [0.4, 0.5) is 0 Å². The van der Waals surface area contributed by atoms with E-state index in [1.54, 1.807) is 0 Å². The SMILES string of the molecule is CCCCCCc1ccc(C#Cc2ccc3cc4sc5cc6ccccc6cc5c4cc3c2)cc1. The summed E-state index contributed by atoms with van der Waals surface area (Å²) in [6.07, 6.45) is 6.39. The Kier molecular flexibility index (Phi) is 5.99. The van der Waals surface area contributed by atoms with Crippen molar-refractivity contribution in [2.24, 2.45) is 0 Å². The van der Waals surface area contributed by atoms with Gasteiger partial charge in [0.25, 0.3) is 0 Å². The Labute approximate surface area is 211 Å². The summed E-state index contributed by atoms with van der Waals surface area (Å²) in [6.45, 7) is 2.26. The fourth-order valence-electron chi connectivity index (χ4n) is 4.94. The van der Waals surface area contributed by atoms with Crippen LogP contribution in [0.3, 0.4) is 0 Å². The number of hydrogen-bond acceptors (Lipinski definition) is 1. The lowest BCUT2D eigenvalue weighted by atomic mass is 10.0. The second-order valence-electron chi connectivity index (χ2n) is 9.47. The molecule has 6 aromatic rings. The highest BCUT2D eigenvalue weighted by Crippen LogP contribution is 2.38. The molecule has 0 unspecified atom stereocenters. The molecule has 0 amide bonds. The highest BCUT2D eigenvalue weighted by molar-refractivity contribution is 7.26. The van der Waals surface area contributed by atoms with Crippen molar-refractivity contribution in [3.63, 3.8) is 0 Å². The predicted molar refractivity (Wildman–Crippen MR) is 155 cm³/mol. The van der Waals surface area contributed by atoms with Crippen LogP contribution in [0.1, 0.15) is 49.3 Å². The largest absolute Gasteiger partial charge is 0.135 e. The summed E-state index contributed by atoms with van der Waals surface area (Å²) in [5.41, 5.74) is 3.55. The Hall–Kier alpha value is -3.60. The predicted octanol–water partition coefficient (Wildman–Crippen LogP) is 9.88. The molecule has 0 fully saturated rings. The lowest BCUT2D eigenvalue weighted by Gasteiger charge is -2.02. The van der Waals surface area contributed by atoms with Gasteiger partial charge in [-0.2, -0.15) is 0 Å². The van der Waals surface area contributed by atoms with Crippen molar-refractivity contribution in [3.05, 3.63) is 108 Å². The molecule has 0 spiro atoms. The van der Waals surface area contributed by atoms with Gasteiger partial charge < -0.3 is 0 Å². The summed E-state index contributed by atoms with van der Waals surface area (Å²) in [6, 6.07) is 33.3. The molecule has 0 aliphatic heterocycles. The molecule has 0 N–H and O–H groups in total. The molecule has 0 radical (unpaired) electrons. The van der Waals surface area contributed by atoms with Crippen LogP contribution in [0.5, 0.6) is 0 Å². The van der Waals surface area contributed by atoms with E-state index < -0.39 is 0 Å². The smallest absolute Gasteiger partial charge is 0.0361 e. The van der Waals surface area contributed by atoms with Crippen LogP contribution in [0.15, 0.2) is 91.0 Å². The van der Waals surface area contributed by atoms with Gasteiger partial charge in [0, 0.05) is 31.3 Å². The van der Waals surface area contributed by atoms with Gasteiger partial charge in [-0.1, -0.05) is 80.5 Å². The average Bonchev–Trinajstić information content (AvgIpc) is 3.24. The van der Waals surface area contributed by atoms with Gasteiger partial charge in [0.05, 0.1) is 0 Å². The first-order valence-corrected chi connectivity index (χ1v) is 13.5. The number of rotatable bonds is 5. The number of fused-ring (bicyclic) bond motifs is 5. The van der Waals surface area contributed by atoms with E-state index in [1.165, 1.54) is 79.4 Å². The molecule has 1 heterocycles. The number of thiophene rings is 1. The van der Waals surface area contributed by atoms with Crippen LogP contribution in [0, 0.1) is 11.8 Å². The minimum absolute atomic E-state index is 1.06. The van der Waals surface area contributed by atoms with E-state index in [-0.39, 0.29) is 0 Å². The third-order valence-corrected chi connectivity index (χ3v) is 8.04. The van der Waals surface area contributed by atoms with Gasteiger partial charge in [-0.05, 0) is 88.5 Å². The van der Waals surface area contributed by atoms with Gasteiger partial charge in [-0.25, -0.2) is 0 Å². The molecule has 0 atom stereocenters. The molecule has 0 aliphatic rings. The van der Waals surface area contributed by atoms with E-state index in [9.17, 15) is 0 Å². The van der Waals surface area contributed by atoms with E-state index in [0.717, 1.165) is 11.1 Å². The maximum atomic E-state index is 3.39. The van der Waals surface area contributed by atoms with Crippen molar-refractivity contribution in [2.45, 2.75) is 39.0 Å². The van der Waals surface area contributed by atoms with E-state index in [1.807, 2.05) is 11.3 Å². The van der Waals surface area contributed by atoms with Crippen LogP contribution >= 0.6 is 11.3 Å². The molecule has 0 nitrogen and oxygen atoms in total. The molecule has 5 aromatic carbocycles. The normalized spacial score (nSPS) is 11.3. The van der Waals surface area contributed by atoms with Crippen molar-refractivity contribution < 1.29 is 0 Å². The summed E-state index contributed by atoms with van der Waals surface area (Å²) in [4.78, 5) is 0. The molecule has 0 bridgehead atoms. The molecular formula is C34H28S. The summed E-state index contributed by atoms with van der Waals surface area (Å²) < 4.78 is 2.69. The molecule has 1 heteroatoms. The first-order chi connectivity index (χ1) is 17.3. The molecule has 0 saturated carbocycles. The maximum absolute atomic E-state index is 3.39. The minimum atomic E-state index is 1.06. The summed E-state index contributed by atoms with van der Waals surface area (Å²) >= 11 is 1.88. The second-order valence-corrected chi connectivity index (χ2v) is 10.5. The van der Waals surface area contributed by atoms with E-state index >= 15 is 0 Å². The summed E-state index contributed by atoms with van der Waals surface area (Å²) in [7, 11) is 0. The van der Waals surface area contributed by atoms with E-state index in [4.69, 9.17) is 0 Å². The van der Waals surface area contributed by atoms with Crippen LogP contribution in [0.25, 0.3) is 41.7 Å². The van der Waals surface area contributed by atoms with Crippen molar-refractivity contribution in [2.75, 3.05) is 0 Å². The van der Waals surface area contributed by atoms with Gasteiger partial charge >= 0.3 is 0 Å². The molecule has 1 aromatic heterocycles. The van der Waals surface area contributed by atoms with Crippen molar-refractivity contribution in [3.8, 4) is 11.8 Å². The lowest BCUT2D eigenvalue weighted by Crippen LogP contribution is -1.86. The third-order valence-electron chi connectivity index (χ3n) is 6.92. The van der Waals surface area contributed by atoms with Gasteiger partial charge in [-0.15, -0.1) is 11.3 Å². The fraction of sp³-hybridized carbons (Fsp3) is 0.176. The lowest BCUT2D eigenvalue weighted by molar-refractivity contribution is 0.667. The minimum Gasteiger partial charge on any atom is -0.135 e. The number of unbranched alkanes of at least 4 members (excludes halogenated alkanes) is 3. The molecule has 0 aliphatic carbocycles. The van der Waals surface area contributed by atoms with Gasteiger partial charge in [0.15, 0.2) is 0 Å². The molecule has 35 heavy (non-hydrogen) atoms. The molecule has 0 saturated heterocycles. The molecule has 6 rings (SSSR count). The van der Waals surface area contributed by atoms with E-state index in [0.29, 0.717) is 0 Å². The third kappa shape index (κ3) is 4.55. The Morgan fingerprint density at radius 1 is 0.571 bits per heavy atom. The highest BCUT2D eigenvalue weighted by atomic mass is 32.1. The van der Waals surface area contributed by atoms with Crippen LogP contribution in [0.2, 0.25) is 0 Å². The first kappa shape index (κ1) is 21.9. The van der Waals surface area contributed by atoms with Crippen LogP contribution in [-0.2, 0) is 6.42 Å². The highest BCUT2D eigenvalue weighted by Gasteiger charge is 2.08. The monoisotopic (exact) mass is 468 g/mol. The Balaban J connectivity index is 1.30. The zero-order chi connectivity index (χ0) is 23.6. The van der Waals surface area contributed by atoms with Crippen molar-refractivity contribution >= 4 is 53.1 Å². The molecule has 170 valence electrons. The zero-order valence-electron chi connectivity index (χ0n) is 20.1. The number of benzene rings is 5.